The molecule has 77 heavy (non-hydrogen) atoms. The van der Waals surface area contributed by atoms with Gasteiger partial charge in [-0.1, -0.05) is 564 Å². The van der Waals surface area contributed by atoms with E-state index in [0.717, 1.165) is 0 Å². The summed E-state index contributed by atoms with van der Waals surface area (Å²) in [6, 6.07) is 0. The van der Waals surface area contributed by atoms with Crippen LogP contribution in [0.4, 0.5) is 0 Å². The van der Waals surface area contributed by atoms with Crippen molar-refractivity contribution >= 4 is 0 Å². The van der Waals surface area contributed by atoms with Crippen LogP contribution in [0.2, 0.25) is 0 Å². The Morgan fingerprint density at radius 2 is 0.0519 bits per heavy atom. The Morgan fingerprint density at radius 1 is 0.0519 bits per heavy atom. The van der Waals surface area contributed by atoms with E-state index in [1.807, 2.05) is 0 Å². The molecular formula is C76H306O. The summed E-state index contributed by atoms with van der Waals surface area (Å²) in [6.45, 7) is 0. The van der Waals surface area contributed by atoms with Gasteiger partial charge in [0.15, 0.2) is 0 Å². The van der Waals surface area contributed by atoms with Gasteiger partial charge in [-0.2, -0.15) is 0 Å². The molecular weight excluding hydrogens is 929 g/mol. The van der Waals surface area contributed by atoms with Crippen molar-refractivity contribution in [2.75, 3.05) is 0 Å². The molecule has 0 heterocycles. The van der Waals surface area contributed by atoms with E-state index in [0.29, 0.717) is 0 Å². The molecule has 0 saturated heterocycles. The largest absolute Gasteiger partial charge is 0.412 e. The molecule has 0 amide bonds. The molecule has 0 aliphatic carbocycles. The maximum atomic E-state index is 6.25. The highest BCUT2D eigenvalue weighted by molar-refractivity contribution is 2.58. The average Bonchev–Trinajstić information content (AvgIpc) is 1.00. The molecule has 0 aromatic carbocycles. The summed E-state index contributed by atoms with van der Waals surface area (Å²) in [4.78, 5) is 0. The molecule has 0 radical (unpaired) electrons. The molecule has 0 spiro atoms. The van der Waals surface area contributed by atoms with Crippen molar-refractivity contribution in [3.63, 3.8) is 0 Å². The van der Waals surface area contributed by atoms with Gasteiger partial charge in [0, 0.05) is 0 Å². The second kappa shape index (κ2) is 267000000. The van der Waals surface area contributed by atoms with E-state index in [1.54, 1.807) is 0 Å². The lowest BCUT2D eigenvalue weighted by Gasteiger charge is -0.412. The van der Waals surface area contributed by atoms with Crippen molar-refractivity contribution < 1.29 is 6.91 Å². The van der Waals surface area contributed by atoms with Crippen molar-refractivity contribution in [3.05, 3.63) is 0 Å². The zero-order valence-corrected chi connectivity index (χ0v) is 0.447. The van der Waals surface area contributed by atoms with Crippen molar-refractivity contribution in [1.82, 2.24) is 0 Å². The van der Waals surface area contributed by atoms with Gasteiger partial charge in [-0.05, 0) is 0 Å². The third kappa shape index (κ3) is 260000000. The van der Waals surface area contributed by atoms with Crippen LogP contribution in [0.3, 0.4) is 0 Å². The van der Waals surface area contributed by atoms with Gasteiger partial charge in [-0.25, -0.2) is 0 Å². The van der Waals surface area contributed by atoms with E-state index in [-0.39, 0.29) is 564 Å². The lowest BCUT2D eigenvalue weighted by molar-refractivity contribution is 0.824. The summed E-state index contributed by atoms with van der Waals surface area (Å²) in [7, 11) is 0. The molecule has 0 rings (SSSR count). The predicted molar refractivity (Wildman–Crippen MR) is 515 cm³/mol. The van der Waals surface area contributed by atoms with Crippen molar-refractivity contribution in [2.45, 2.75) is 564 Å². The highest BCUT2D eigenvalue weighted by Crippen LogP contribution is 0.219. The molecule has 0 aliphatic rings. The van der Waals surface area contributed by atoms with Gasteiger partial charge < -0.3 is 5.48 Å². The lowest BCUT2D eigenvalue weighted by atomic mass is 12.0. The van der Waals surface area contributed by atoms with Crippen molar-refractivity contribution in [2.24, 2.45) is 0 Å². The average molecular weight is 1240 g/mol. The van der Waals surface area contributed by atoms with Crippen LogP contribution in [0.1, 0.15) is 566 Å². The first kappa shape index (κ1) is 482000. The molecule has 0 atom stereocenters. The maximum Gasteiger partial charge on any atom is 0.206 e. The van der Waals surface area contributed by atoms with Crippen LogP contribution in [0, 0.1) is 0 Å². The van der Waals surface area contributed by atoms with Crippen LogP contribution in [0.5, 0.6) is 0 Å². The molecule has 616 valence electrons. The highest BCUT2D eigenvalue weighted by Gasteiger charge is -0.00237. The van der Waals surface area contributed by atoms with Crippen molar-refractivity contribution in [3.8, 4) is 0 Å². The predicted octanol–water partition coefficient (Wildman–Crippen LogP) is 47.5. The molecule has 0 fully saturated rings. The summed E-state index contributed by atoms with van der Waals surface area (Å²) in [5.74, 6) is 0. The zero-order valence-electron chi connectivity index (χ0n) is 1.45. The molecule has 2 N–H and O–H groups in total. The Kier molecular flexibility index (Phi) is 1670000000000. The fourth-order valence-corrected chi connectivity index (χ4v) is 0. The minimum atomic E-state index is 0. The fourth-order valence-electron chi connectivity index (χ4n) is 0. The van der Waals surface area contributed by atoms with E-state index in [9.17, 15) is 0 Å². The first-order valence-corrected chi connectivity index (χ1v) is 0. The van der Waals surface area contributed by atoms with Crippen LogP contribution in [-0.2, 0) is 0 Å². The van der Waals surface area contributed by atoms with Crippen LogP contribution in [0.15, 0.2) is 0 Å². The molecule has 0 bridgehead atoms. The summed E-state index contributed by atoms with van der Waals surface area (Å²) < 4.78 is 4.75. The Morgan fingerprint density at radius 3 is 0.0519 bits per heavy atom. The summed E-state index contributed by atoms with van der Waals surface area (Å²) in [5.41, 5.74) is 6.25. The van der Waals surface area contributed by atoms with Gasteiger partial charge in [-0.15, -0.1) is 0 Å². The third-order valence-electron chi connectivity index (χ3n) is 0. The quantitative estimate of drug-likeness (QED) is 0.232. The van der Waals surface area contributed by atoms with Gasteiger partial charge in [0.1, 0.15) is 0 Å². The van der Waals surface area contributed by atoms with Gasteiger partial charge >= 0.3 is 0 Å². The van der Waals surface area contributed by atoms with Gasteiger partial charge in [0.25, 0.3) is 0 Å². The topological polar surface area (TPSA) is 31.5 Å². The Labute approximate surface area is 569 Å². The zero-order chi connectivity index (χ0) is 2.00. The maximum absolute atomic E-state index is 6.25. The second-order valence-electron chi connectivity index (χ2n) is 0. The first-order chi connectivity index (χ1) is 1.00. The molecule has 1 heteroatoms. The van der Waals surface area contributed by atoms with Crippen LogP contribution in [0.25, 0.3) is 0 Å². The number of hydrogen-bond acceptors (Lipinski definition) is 0. The Balaban J connectivity index is -0.00000000000175. The first-order valence-electron chi connectivity index (χ1n) is 0.447. The minimum Gasteiger partial charge on any atom is -0.412 e. The lowest BCUT2D eigenvalue weighted by Crippen LogP contribution is -0.289. The SMILES string of the molecule is C.C.C.C.C.C.C.C.C.C.C.C.C.C.C.C.C.C.C.C.C.C.C.C.C.C.C.C.C.C.C.C.C.C.C.C.C.C.C.C.C.C.C.C.C.C.C.C.C.C.C.C.C.C.C.C.C.C.C.C.C.C.C.C.C.C.C.C.C.C.C.C.C.C.C.C.[2H]O. The summed E-state index contributed by atoms with van der Waals surface area (Å²) in [5, 5.41) is 0. The molecule has 0 unspecified atom stereocenters. The molecule has 1 nitrogen and oxygen atoms in total. The van der Waals surface area contributed by atoms with E-state index >= 15 is 0 Å². The monoisotopic (exact) mass is 1240 g/mol. The molecule has 0 aromatic heterocycles. The van der Waals surface area contributed by atoms with E-state index in [4.69, 9.17) is 6.91 Å². The van der Waals surface area contributed by atoms with E-state index in [2.05, 4.69) is 0 Å². The third-order valence-corrected chi connectivity index (χ3v) is 0. The molecule has 0 aliphatic heterocycles. The highest BCUT2D eigenvalue weighted by atomic mass is 16.0. The Bertz CT molecular complexity index is 15.4. The standard InChI is InChI=1S/76CH4.H2O/h76*1H4;1H2/i/hD. The van der Waals surface area contributed by atoms with Crippen LogP contribution >= 0.6 is 0 Å². The number of rotatable bonds is 0. The van der Waals surface area contributed by atoms with E-state index < -0.39 is 0 Å². The van der Waals surface area contributed by atoms with Crippen molar-refractivity contribution in [1.29, 1.82) is 0 Å². The molecule has 0 saturated carbocycles. The normalized spacial score (nSPS) is 0.0909. The Hall–Kier alpha value is -0.0400. The van der Waals surface area contributed by atoms with Crippen LogP contribution < -0.4 is 0 Å². The number of hydrogen-bond donors (Lipinski definition) is 0. The summed E-state index contributed by atoms with van der Waals surface area (Å²) in [6.07, 6.45) is 0. The van der Waals surface area contributed by atoms with Gasteiger partial charge in [0.2, 0.25) is 1.43 Å². The second-order valence-corrected chi connectivity index (χ2v) is 0. The molecule has 0 aromatic rings. The van der Waals surface area contributed by atoms with Crippen LogP contribution in [-0.4, -0.2) is 5.48 Å². The smallest absolute Gasteiger partial charge is 0.206 e. The van der Waals surface area contributed by atoms with Gasteiger partial charge in [0.05, 0.1) is 0 Å². The van der Waals surface area contributed by atoms with Gasteiger partial charge in [-0.3, -0.25) is 0 Å². The van der Waals surface area contributed by atoms with E-state index in [1.165, 1.54) is 0 Å². The summed E-state index contributed by atoms with van der Waals surface area (Å²) >= 11 is 0. The fraction of sp³-hybridized carbons (Fsp3) is 1.00. The minimum absolute atomic E-state index is 0.